The summed E-state index contributed by atoms with van der Waals surface area (Å²) in [6.07, 6.45) is 0. The van der Waals surface area contributed by atoms with Crippen LogP contribution in [0.5, 0.6) is 0 Å². The van der Waals surface area contributed by atoms with Gasteiger partial charge in [0.15, 0.2) is 0 Å². The van der Waals surface area contributed by atoms with Crippen molar-refractivity contribution in [1.82, 2.24) is 0 Å². The van der Waals surface area contributed by atoms with Gasteiger partial charge < -0.3 is 9.80 Å². The van der Waals surface area contributed by atoms with E-state index in [2.05, 4.69) is 277 Å². The summed E-state index contributed by atoms with van der Waals surface area (Å²) in [6.45, 7) is 0. The zero-order valence-electron chi connectivity index (χ0n) is 36.7. The van der Waals surface area contributed by atoms with Gasteiger partial charge in [0.05, 0.1) is 11.4 Å². The Labute approximate surface area is 395 Å². The fraction of sp³-hybridized carbons (Fsp3) is 0. The van der Waals surface area contributed by atoms with Gasteiger partial charge >= 0.3 is 0 Å². The molecule has 0 atom stereocenters. The molecule has 0 aliphatic rings. The molecular weight excluding hydrogens is 829 g/mol. The highest BCUT2D eigenvalue weighted by Crippen LogP contribution is 2.48. The van der Waals surface area contributed by atoms with Crippen LogP contribution in [0, 0.1) is 0 Å². The number of hydrogen-bond donors (Lipinski definition) is 0. The smallest absolute Gasteiger partial charge is 0.0540 e. The Morgan fingerprint density at radius 1 is 0.239 bits per heavy atom. The predicted octanol–water partition coefficient (Wildman–Crippen LogP) is 18.8. The molecule has 0 radical (unpaired) electrons. The molecule has 11 aromatic carbocycles. The number of benzene rings is 11. The number of anilines is 6. The van der Waals surface area contributed by atoms with Crippen LogP contribution in [0.15, 0.2) is 267 Å². The fourth-order valence-electron chi connectivity index (χ4n) is 9.57. The third-order valence-electron chi connectivity index (χ3n) is 12.8. The minimum absolute atomic E-state index is 1.08. The molecule has 0 bridgehead atoms. The van der Waals surface area contributed by atoms with Gasteiger partial charge in [0.2, 0.25) is 0 Å². The first-order valence-electron chi connectivity index (χ1n) is 22.8. The molecule has 1 heterocycles. The van der Waals surface area contributed by atoms with E-state index in [4.69, 9.17) is 0 Å². The Balaban J connectivity index is 1.04. The highest BCUT2D eigenvalue weighted by atomic mass is 32.1. The van der Waals surface area contributed by atoms with E-state index in [-0.39, 0.29) is 0 Å². The molecule has 0 aliphatic heterocycles. The van der Waals surface area contributed by atoms with Crippen molar-refractivity contribution in [2.24, 2.45) is 0 Å². The van der Waals surface area contributed by atoms with E-state index in [1.807, 2.05) is 11.3 Å². The van der Waals surface area contributed by atoms with Gasteiger partial charge in [0.25, 0.3) is 0 Å². The van der Waals surface area contributed by atoms with Gasteiger partial charge in [0.1, 0.15) is 0 Å². The van der Waals surface area contributed by atoms with E-state index in [1.54, 1.807) is 0 Å². The summed E-state index contributed by atoms with van der Waals surface area (Å²) >= 11 is 1.85. The summed E-state index contributed by atoms with van der Waals surface area (Å²) in [4.78, 5) is 4.87. The molecule has 0 saturated heterocycles. The van der Waals surface area contributed by atoms with E-state index >= 15 is 0 Å². The van der Waals surface area contributed by atoms with E-state index in [9.17, 15) is 0 Å². The van der Waals surface area contributed by atoms with Crippen molar-refractivity contribution in [3.05, 3.63) is 267 Å². The summed E-state index contributed by atoms with van der Waals surface area (Å²) in [5.74, 6) is 0. The summed E-state index contributed by atoms with van der Waals surface area (Å²) in [6, 6.07) is 97.0. The normalized spacial score (nSPS) is 11.3. The largest absolute Gasteiger partial charge is 0.310 e. The van der Waals surface area contributed by atoms with E-state index in [0.717, 1.165) is 45.3 Å². The molecule has 0 N–H and O–H groups in total. The van der Waals surface area contributed by atoms with Crippen molar-refractivity contribution in [2.45, 2.75) is 0 Å². The van der Waals surface area contributed by atoms with E-state index in [1.165, 1.54) is 64.3 Å². The molecular formula is C64H44N2S. The Morgan fingerprint density at radius 2 is 0.672 bits per heavy atom. The van der Waals surface area contributed by atoms with Gasteiger partial charge in [-0.25, -0.2) is 0 Å². The molecule has 0 unspecified atom stereocenters. The molecule has 0 fully saturated rings. The summed E-state index contributed by atoms with van der Waals surface area (Å²) in [7, 11) is 0. The number of nitrogens with zero attached hydrogens (tertiary/aromatic N) is 2. The standard InChI is InChI=1S/C64H44N2S/c1-4-17-45(18-5-1)48-33-36-53(37-34-48)65(55-38-35-51-41-50(31-32-52(51)43-55)47-21-8-3-9-22-47)61-28-13-10-25-57(61)58-26-11-14-29-62(58)66(54-24-16-23-49(42-54)46-19-6-2-7-20-46)56-39-40-60-59-27-12-15-30-63(59)67-64(60)44-56/h1-44H. The van der Waals surface area contributed by atoms with Crippen LogP contribution in [-0.4, -0.2) is 0 Å². The lowest BCUT2D eigenvalue weighted by Gasteiger charge is -2.31. The first kappa shape index (κ1) is 40.0. The van der Waals surface area contributed by atoms with Crippen LogP contribution in [0.2, 0.25) is 0 Å². The SMILES string of the molecule is c1ccc(-c2ccc(N(c3ccc4cc(-c5ccccc5)ccc4c3)c3ccccc3-c3ccccc3N(c3cccc(-c4ccccc4)c3)c3ccc4c(c3)sc3ccccc34)cc2)cc1. The van der Waals surface area contributed by atoms with Crippen molar-refractivity contribution in [1.29, 1.82) is 0 Å². The second-order valence-corrected chi connectivity index (χ2v) is 18.0. The van der Waals surface area contributed by atoms with E-state index in [0.29, 0.717) is 0 Å². The second-order valence-electron chi connectivity index (χ2n) is 16.9. The minimum atomic E-state index is 1.08. The van der Waals surface area contributed by atoms with Crippen LogP contribution >= 0.6 is 11.3 Å². The summed E-state index contributed by atoms with van der Waals surface area (Å²) in [5, 5.41) is 4.96. The molecule has 316 valence electrons. The van der Waals surface area contributed by atoms with Crippen LogP contribution < -0.4 is 9.80 Å². The molecule has 1 aromatic heterocycles. The molecule has 12 rings (SSSR count). The van der Waals surface area contributed by atoms with E-state index < -0.39 is 0 Å². The Hall–Kier alpha value is -8.50. The predicted molar refractivity (Wildman–Crippen MR) is 288 cm³/mol. The maximum atomic E-state index is 2.45. The van der Waals surface area contributed by atoms with Gasteiger partial charge in [-0.2, -0.15) is 0 Å². The van der Waals surface area contributed by atoms with Crippen molar-refractivity contribution in [2.75, 3.05) is 9.80 Å². The van der Waals surface area contributed by atoms with Gasteiger partial charge in [-0.05, 0) is 117 Å². The van der Waals surface area contributed by atoms with Crippen LogP contribution in [0.25, 0.3) is 75.5 Å². The zero-order chi connectivity index (χ0) is 44.5. The summed E-state index contributed by atoms with van der Waals surface area (Å²) < 4.78 is 2.56. The highest BCUT2D eigenvalue weighted by molar-refractivity contribution is 7.25. The topological polar surface area (TPSA) is 6.48 Å². The van der Waals surface area contributed by atoms with Gasteiger partial charge in [-0.3, -0.25) is 0 Å². The number of fused-ring (bicyclic) bond motifs is 4. The van der Waals surface area contributed by atoms with Crippen LogP contribution in [0.1, 0.15) is 0 Å². The maximum Gasteiger partial charge on any atom is 0.0540 e. The number of rotatable bonds is 10. The lowest BCUT2D eigenvalue weighted by Crippen LogP contribution is -2.13. The second kappa shape index (κ2) is 17.5. The lowest BCUT2D eigenvalue weighted by molar-refractivity contribution is 1.27. The third kappa shape index (κ3) is 7.72. The third-order valence-corrected chi connectivity index (χ3v) is 14.0. The molecule has 3 heteroatoms. The Kier molecular flexibility index (Phi) is 10.4. The first-order chi connectivity index (χ1) is 33.2. The number of para-hydroxylation sites is 2. The van der Waals surface area contributed by atoms with Crippen molar-refractivity contribution in [3.63, 3.8) is 0 Å². The average molecular weight is 873 g/mol. The zero-order valence-corrected chi connectivity index (χ0v) is 37.5. The fourth-order valence-corrected chi connectivity index (χ4v) is 10.7. The van der Waals surface area contributed by atoms with Crippen LogP contribution in [0.4, 0.5) is 34.1 Å². The van der Waals surface area contributed by atoms with Crippen molar-refractivity contribution >= 4 is 76.4 Å². The van der Waals surface area contributed by atoms with Crippen LogP contribution in [0.3, 0.4) is 0 Å². The molecule has 2 nitrogen and oxygen atoms in total. The molecule has 0 spiro atoms. The monoisotopic (exact) mass is 872 g/mol. The van der Waals surface area contributed by atoms with Crippen molar-refractivity contribution < 1.29 is 0 Å². The van der Waals surface area contributed by atoms with Crippen LogP contribution in [-0.2, 0) is 0 Å². The minimum Gasteiger partial charge on any atom is -0.310 e. The molecule has 0 aliphatic carbocycles. The molecule has 0 amide bonds. The average Bonchev–Trinajstić information content (AvgIpc) is 3.78. The Bertz CT molecular complexity index is 3690. The summed E-state index contributed by atoms with van der Waals surface area (Å²) in [5.41, 5.74) is 15.9. The van der Waals surface area contributed by atoms with Crippen molar-refractivity contribution in [3.8, 4) is 44.5 Å². The first-order valence-corrected chi connectivity index (χ1v) is 23.6. The maximum absolute atomic E-state index is 2.45. The number of hydrogen-bond acceptors (Lipinski definition) is 3. The van der Waals surface area contributed by atoms with Gasteiger partial charge in [-0.15, -0.1) is 11.3 Å². The molecule has 0 saturated carbocycles. The molecule has 67 heavy (non-hydrogen) atoms. The lowest BCUT2D eigenvalue weighted by atomic mass is 9.97. The van der Waals surface area contributed by atoms with Gasteiger partial charge in [-0.1, -0.05) is 194 Å². The number of thiophene rings is 1. The highest BCUT2D eigenvalue weighted by Gasteiger charge is 2.23. The Morgan fingerprint density at radius 3 is 1.36 bits per heavy atom. The van der Waals surface area contributed by atoms with Gasteiger partial charge in [0, 0.05) is 54.0 Å². The molecule has 12 aromatic rings. The quantitative estimate of drug-likeness (QED) is 0.135.